The first-order valence-corrected chi connectivity index (χ1v) is 9.36. The molecule has 3 rings (SSSR count). The van der Waals surface area contributed by atoms with Gasteiger partial charge in [-0.25, -0.2) is 13.8 Å². The second kappa shape index (κ2) is 8.83. The molecule has 1 aliphatic heterocycles. The van der Waals surface area contributed by atoms with Gasteiger partial charge in [0.25, 0.3) is 0 Å². The molecule has 146 valence electrons. The summed E-state index contributed by atoms with van der Waals surface area (Å²) < 4.78 is 31.9. The number of halogens is 2. The maximum absolute atomic E-state index is 13.6. The molecule has 0 saturated carbocycles. The molecule has 6 nitrogen and oxygen atoms in total. The number of anilines is 1. The summed E-state index contributed by atoms with van der Waals surface area (Å²) in [5.41, 5.74) is 0.489. The molecule has 2 aromatic carbocycles. The zero-order chi connectivity index (χ0) is 20.1. The van der Waals surface area contributed by atoms with Crippen molar-refractivity contribution < 1.29 is 23.1 Å². The number of amidine groups is 1. The van der Waals surface area contributed by atoms with Gasteiger partial charge in [0, 0.05) is 12.5 Å². The van der Waals surface area contributed by atoms with E-state index in [0.717, 1.165) is 29.6 Å². The molecule has 2 aromatic rings. The van der Waals surface area contributed by atoms with Crippen LogP contribution in [0.2, 0.25) is 0 Å². The lowest BCUT2D eigenvalue weighted by molar-refractivity contribution is -0.122. The largest absolute Gasteiger partial charge is 0.494 e. The Kier molecular flexibility index (Phi) is 6.25. The second-order valence-corrected chi connectivity index (χ2v) is 7.01. The number of aliphatic imine (C=N–C) groups is 1. The van der Waals surface area contributed by atoms with Crippen LogP contribution in [0, 0.1) is 11.6 Å². The summed E-state index contributed by atoms with van der Waals surface area (Å²) in [7, 11) is 0. The van der Waals surface area contributed by atoms with Gasteiger partial charge in [-0.05, 0) is 43.3 Å². The van der Waals surface area contributed by atoms with E-state index >= 15 is 0 Å². The summed E-state index contributed by atoms with van der Waals surface area (Å²) in [4.78, 5) is 28.5. The van der Waals surface area contributed by atoms with Crippen LogP contribution in [0.3, 0.4) is 0 Å². The fraction of sp³-hybridized carbons (Fsp3) is 0.211. The van der Waals surface area contributed by atoms with E-state index in [1.807, 2.05) is 6.92 Å². The first-order valence-electron chi connectivity index (χ1n) is 8.48. The molecule has 1 aliphatic rings. The first-order chi connectivity index (χ1) is 13.4. The minimum absolute atomic E-state index is 0.141. The highest BCUT2D eigenvalue weighted by atomic mass is 32.2. The van der Waals surface area contributed by atoms with Gasteiger partial charge in [-0.3, -0.25) is 9.59 Å². The number of rotatable bonds is 6. The second-order valence-electron chi connectivity index (χ2n) is 5.82. The number of nitrogens with one attached hydrogen (secondary N) is 2. The number of benzene rings is 2. The Hall–Kier alpha value is -2.94. The highest BCUT2D eigenvalue weighted by Crippen LogP contribution is 2.26. The SMILES string of the molecule is CCOc1ccc(N=C2NC(=O)[C@@H](CC(=O)Nc3ccc(F)cc3F)S2)cc1. The fourth-order valence-electron chi connectivity index (χ4n) is 2.45. The number of thioether (sulfide) groups is 1. The first kappa shape index (κ1) is 19.8. The normalized spacial score (nSPS) is 17.5. The van der Waals surface area contributed by atoms with E-state index in [1.54, 1.807) is 24.3 Å². The molecule has 0 radical (unpaired) electrons. The van der Waals surface area contributed by atoms with Gasteiger partial charge >= 0.3 is 0 Å². The summed E-state index contributed by atoms with van der Waals surface area (Å²) in [5.74, 6) is -1.81. The van der Waals surface area contributed by atoms with E-state index in [1.165, 1.54) is 0 Å². The quantitative estimate of drug-likeness (QED) is 0.770. The Morgan fingerprint density at radius 2 is 2.00 bits per heavy atom. The predicted octanol–water partition coefficient (Wildman–Crippen LogP) is 3.61. The Bertz CT molecular complexity index is 919. The Morgan fingerprint density at radius 3 is 2.68 bits per heavy atom. The van der Waals surface area contributed by atoms with Crippen molar-refractivity contribution in [2.75, 3.05) is 11.9 Å². The van der Waals surface area contributed by atoms with Gasteiger partial charge in [0.15, 0.2) is 5.17 Å². The third-order valence-corrected chi connectivity index (χ3v) is 4.81. The van der Waals surface area contributed by atoms with Crippen molar-refractivity contribution >= 4 is 40.1 Å². The summed E-state index contributed by atoms with van der Waals surface area (Å²) in [6.07, 6.45) is -0.171. The van der Waals surface area contributed by atoms with E-state index in [2.05, 4.69) is 15.6 Å². The number of amides is 2. The van der Waals surface area contributed by atoms with Gasteiger partial charge in [-0.1, -0.05) is 11.8 Å². The van der Waals surface area contributed by atoms with Crippen molar-refractivity contribution in [2.45, 2.75) is 18.6 Å². The molecule has 9 heteroatoms. The van der Waals surface area contributed by atoms with Crippen LogP contribution < -0.4 is 15.4 Å². The van der Waals surface area contributed by atoms with Crippen molar-refractivity contribution in [1.29, 1.82) is 0 Å². The molecule has 0 aliphatic carbocycles. The van der Waals surface area contributed by atoms with Gasteiger partial charge in [0.2, 0.25) is 11.8 Å². The minimum Gasteiger partial charge on any atom is -0.494 e. The van der Waals surface area contributed by atoms with E-state index in [-0.39, 0.29) is 18.0 Å². The molecule has 28 heavy (non-hydrogen) atoms. The highest BCUT2D eigenvalue weighted by molar-refractivity contribution is 8.15. The molecule has 0 aromatic heterocycles. The molecule has 2 N–H and O–H groups in total. The lowest BCUT2D eigenvalue weighted by atomic mass is 10.2. The van der Waals surface area contributed by atoms with Crippen molar-refractivity contribution in [3.63, 3.8) is 0 Å². The van der Waals surface area contributed by atoms with Crippen molar-refractivity contribution in [3.8, 4) is 5.75 Å². The van der Waals surface area contributed by atoms with Crippen molar-refractivity contribution in [2.24, 2.45) is 4.99 Å². The van der Waals surface area contributed by atoms with E-state index in [9.17, 15) is 18.4 Å². The monoisotopic (exact) mass is 405 g/mol. The Labute approximate surface area is 164 Å². The lowest BCUT2D eigenvalue weighted by Gasteiger charge is -2.08. The van der Waals surface area contributed by atoms with Gasteiger partial charge in [0.1, 0.15) is 22.6 Å². The summed E-state index contributed by atoms with van der Waals surface area (Å²) in [5, 5.41) is 4.64. The molecular formula is C19H17F2N3O3S. The molecule has 1 heterocycles. The average Bonchev–Trinajstić information content (AvgIpc) is 2.98. The summed E-state index contributed by atoms with van der Waals surface area (Å²) >= 11 is 1.12. The Balaban J connectivity index is 1.60. The number of carbonyl (C=O) groups is 2. The van der Waals surface area contributed by atoms with Crippen LogP contribution >= 0.6 is 11.8 Å². The maximum Gasteiger partial charge on any atom is 0.240 e. The van der Waals surface area contributed by atoms with Gasteiger partial charge in [0.05, 0.1) is 18.0 Å². The van der Waals surface area contributed by atoms with E-state index in [0.29, 0.717) is 23.5 Å². The van der Waals surface area contributed by atoms with Crippen LogP contribution in [-0.2, 0) is 9.59 Å². The summed E-state index contributed by atoms with van der Waals surface area (Å²) in [6, 6.07) is 9.89. The predicted molar refractivity (Wildman–Crippen MR) is 104 cm³/mol. The van der Waals surface area contributed by atoms with Crippen LogP contribution in [0.1, 0.15) is 13.3 Å². The van der Waals surface area contributed by atoms with E-state index in [4.69, 9.17) is 4.74 Å². The van der Waals surface area contributed by atoms with Crippen LogP contribution in [-0.4, -0.2) is 28.8 Å². The smallest absolute Gasteiger partial charge is 0.240 e. The molecular weight excluding hydrogens is 388 g/mol. The summed E-state index contributed by atoms with van der Waals surface area (Å²) in [6.45, 7) is 2.45. The van der Waals surface area contributed by atoms with Crippen molar-refractivity contribution in [1.82, 2.24) is 5.32 Å². The molecule has 1 saturated heterocycles. The third kappa shape index (κ3) is 5.07. The van der Waals surface area contributed by atoms with Gasteiger partial charge < -0.3 is 15.4 Å². The number of ether oxygens (including phenoxy) is 1. The van der Waals surface area contributed by atoms with Crippen molar-refractivity contribution in [3.05, 3.63) is 54.1 Å². The maximum atomic E-state index is 13.6. The van der Waals surface area contributed by atoms with Gasteiger partial charge in [-0.15, -0.1) is 0 Å². The number of hydrogen-bond donors (Lipinski definition) is 2. The van der Waals surface area contributed by atoms with Crippen LogP contribution in [0.25, 0.3) is 0 Å². The highest BCUT2D eigenvalue weighted by Gasteiger charge is 2.32. The Morgan fingerprint density at radius 1 is 1.25 bits per heavy atom. The lowest BCUT2D eigenvalue weighted by Crippen LogP contribution is -2.28. The third-order valence-electron chi connectivity index (χ3n) is 3.73. The number of nitrogens with zero attached hydrogens (tertiary/aromatic N) is 1. The molecule has 0 unspecified atom stereocenters. The zero-order valence-electron chi connectivity index (χ0n) is 14.9. The number of carbonyl (C=O) groups excluding carboxylic acids is 2. The van der Waals surface area contributed by atoms with Crippen LogP contribution in [0.5, 0.6) is 5.75 Å². The minimum atomic E-state index is -0.880. The van der Waals surface area contributed by atoms with Gasteiger partial charge in [-0.2, -0.15) is 0 Å². The average molecular weight is 405 g/mol. The van der Waals surface area contributed by atoms with Crippen LogP contribution in [0.15, 0.2) is 47.5 Å². The zero-order valence-corrected chi connectivity index (χ0v) is 15.7. The van der Waals surface area contributed by atoms with Crippen LogP contribution in [0.4, 0.5) is 20.2 Å². The molecule has 0 spiro atoms. The molecule has 0 bridgehead atoms. The fourth-order valence-corrected chi connectivity index (χ4v) is 3.44. The topological polar surface area (TPSA) is 79.8 Å². The molecule has 2 amide bonds. The van der Waals surface area contributed by atoms with E-state index < -0.39 is 22.8 Å². The molecule has 1 fully saturated rings. The standard InChI is InChI=1S/C19H17F2N3O3S/c1-2-27-13-6-4-12(5-7-13)22-19-24-18(26)16(28-19)10-17(25)23-15-8-3-11(20)9-14(15)21/h3-9,16H,2,10H2,1H3,(H,23,25)(H,22,24,26)/t16-/m1/s1. The number of hydrogen-bond acceptors (Lipinski definition) is 5. The molecule has 1 atom stereocenters.